The van der Waals surface area contributed by atoms with Crippen LogP contribution < -0.4 is 15.8 Å². The fourth-order valence-electron chi connectivity index (χ4n) is 2.37. The number of hydrogen-bond donors (Lipinski definition) is 3. The highest BCUT2D eigenvalue weighted by Crippen LogP contribution is 2.13. The molecule has 0 radical (unpaired) electrons. The molecule has 0 bridgehead atoms. The van der Waals surface area contributed by atoms with Crippen molar-refractivity contribution in [3.05, 3.63) is 60.2 Å². The number of primary sulfonamides is 1. The molecule has 0 heterocycles. The molecule has 24 heavy (non-hydrogen) atoms. The smallest absolute Gasteiger partial charge is 0.282 e. The van der Waals surface area contributed by atoms with Crippen molar-refractivity contribution in [2.75, 3.05) is 5.32 Å². The van der Waals surface area contributed by atoms with Gasteiger partial charge in [-0.25, -0.2) is 13.6 Å². The molecule has 0 fully saturated rings. The Morgan fingerprint density at radius 3 is 2.17 bits per heavy atom. The molecule has 0 aliphatic carbocycles. The fraction of sp³-hybridized carbons (Fsp3) is 0.235. The molecule has 0 saturated heterocycles. The van der Waals surface area contributed by atoms with E-state index in [9.17, 15) is 13.2 Å². The van der Waals surface area contributed by atoms with Crippen LogP contribution in [0.4, 0.5) is 5.69 Å². The van der Waals surface area contributed by atoms with Crippen LogP contribution in [-0.4, -0.2) is 20.4 Å². The van der Waals surface area contributed by atoms with E-state index in [1.807, 2.05) is 49.5 Å². The third-order valence-electron chi connectivity index (χ3n) is 3.77. The van der Waals surface area contributed by atoms with Crippen LogP contribution in [0.3, 0.4) is 0 Å². The van der Waals surface area contributed by atoms with Crippen molar-refractivity contribution in [1.82, 2.24) is 0 Å². The Balaban J connectivity index is 1.96. The second-order valence-corrected chi connectivity index (χ2v) is 7.30. The molecule has 1 amide bonds. The van der Waals surface area contributed by atoms with E-state index in [0.717, 1.165) is 5.56 Å². The zero-order chi connectivity index (χ0) is 17.7. The predicted octanol–water partition coefficient (Wildman–Crippen LogP) is 0.986. The molecule has 0 aliphatic heterocycles. The van der Waals surface area contributed by atoms with Crippen molar-refractivity contribution < 1.29 is 18.5 Å². The summed E-state index contributed by atoms with van der Waals surface area (Å²) in [5, 5.41) is 9.79. The lowest BCUT2D eigenvalue weighted by molar-refractivity contribution is -0.709. The normalized spacial score (nSPS) is 14.0. The largest absolute Gasteiger partial charge is 0.330 e. The molecule has 0 aromatic heterocycles. The average Bonchev–Trinajstić information content (AvgIpc) is 2.55. The van der Waals surface area contributed by atoms with Crippen LogP contribution in [0.2, 0.25) is 0 Å². The lowest BCUT2D eigenvalue weighted by Gasteiger charge is -2.17. The van der Waals surface area contributed by atoms with Gasteiger partial charge in [-0.3, -0.25) is 4.79 Å². The van der Waals surface area contributed by atoms with Crippen LogP contribution in [0.5, 0.6) is 0 Å². The maximum Gasteiger partial charge on any atom is 0.282 e. The Kier molecular flexibility index (Phi) is 5.71. The SMILES string of the molecule is C[C@H]([NH2+][C@H](C)C(=O)Nc1ccc(S(N)(=O)=O)cc1)c1ccccc1. The zero-order valence-electron chi connectivity index (χ0n) is 13.6. The minimum atomic E-state index is -3.73. The highest BCUT2D eigenvalue weighted by atomic mass is 32.2. The molecule has 0 unspecified atom stereocenters. The van der Waals surface area contributed by atoms with E-state index in [1.165, 1.54) is 24.3 Å². The number of hydrogen-bond acceptors (Lipinski definition) is 3. The van der Waals surface area contributed by atoms with Crippen molar-refractivity contribution in [3.8, 4) is 0 Å². The van der Waals surface area contributed by atoms with E-state index in [4.69, 9.17) is 5.14 Å². The molecular formula is C17H22N3O3S+. The van der Waals surface area contributed by atoms with Crippen molar-refractivity contribution >= 4 is 21.6 Å². The van der Waals surface area contributed by atoms with Gasteiger partial charge in [-0.1, -0.05) is 30.3 Å². The molecule has 5 N–H and O–H groups in total. The van der Waals surface area contributed by atoms with Crippen molar-refractivity contribution in [3.63, 3.8) is 0 Å². The van der Waals surface area contributed by atoms with Gasteiger partial charge in [0.15, 0.2) is 6.04 Å². The molecule has 2 rings (SSSR count). The minimum Gasteiger partial charge on any atom is -0.330 e. The zero-order valence-corrected chi connectivity index (χ0v) is 14.5. The summed E-state index contributed by atoms with van der Waals surface area (Å²) in [6, 6.07) is 15.6. The van der Waals surface area contributed by atoms with E-state index in [0.29, 0.717) is 5.69 Å². The Labute approximate surface area is 142 Å². The first-order chi connectivity index (χ1) is 11.3. The number of benzene rings is 2. The summed E-state index contributed by atoms with van der Waals surface area (Å²) in [4.78, 5) is 12.3. The van der Waals surface area contributed by atoms with Crippen molar-refractivity contribution in [2.45, 2.75) is 30.8 Å². The highest BCUT2D eigenvalue weighted by molar-refractivity contribution is 7.89. The molecule has 0 aliphatic rings. The molecule has 0 spiro atoms. The topological polar surface area (TPSA) is 106 Å². The first-order valence-corrected chi connectivity index (χ1v) is 9.15. The highest BCUT2D eigenvalue weighted by Gasteiger charge is 2.20. The van der Waals surface area contributed by atoms with E-state index in [1.54, 1.807) is 0 Å². The van der Waals surface area contributed by atoms with Crippen molar-refractivity contribution in [1.29, 1.82) is 0 Å². The second-order valence-electron chi connectivity index (χ2n) is 5.74. The summed E-state index contributed by atoms with van der Waals surface area (Å²) in [7, 11) is -3.73. The molecule has 6 nitrogen and oxygen atoms in total. The molecule has 0 saturated carbocycles. The molecule has 7 heteroatoms. The van der Waals surface area contributed by atoms with Crippen LogP contribution in [0.1, 0.15) is 25.5 Å². The number of carbonyl (C=O) groups is 1. The van der Waals surface area contributed by atoms with Crippen molar-refractivity contribution in [2.24, 2.45) is 5.14 Å². The van der Waals surface area contributed by atoms with Gasteiger partial charge in [-0.05, 0) is 38.1 Å². The number of quaternary nitrogens is 1. The Bertz CT molecular complexity index is 790. The summed E-state index contributed by atoms with van der Waals surface area (Å²) >= 11 is 0. The maximum absolute atomic E-state index is 12.3. The minimum absolute atomic E-state index is 0.0119. The van der Waals surface area contributed by atoms with E-state index >= 15 is 0 Å². The Morgan fingerprint density at radius 2 is 1.62 bits per heavy atom. The van der Waals surface area contributed by atoms with Crippen LogP contribution in [0.15, 0.2) is 59.5 Å². The Hall–Kier alpha value is -2.22. The predicted molar refractivity (Wildman–Crippen MR) is 92.7 cm³/mol. The van der Waals surface area contributed by atoms with Gasteiger partial charge in [0.05, 0.1) is 4.90 Å². The lowest BCUT2D eigenvalue weighted by atomic mass is 10.1. The summed E-state index contributed by atoms with van der Waals surface area (Å²) in [5.74, 6) is -0.152. The van der Waals surface area contributed by atoms with E-state index in [2.05, 4.69) is 5.32 Å². The number of nitrogens with two attached hydrogens (primary N) is 2. The molecule has 2 aromatic rings. The van der Waals surface area contributed by atoms with Gasteiger partial charge in [0.1, 0.15) is 6.04 Å². The summed E-state index contributed by atoms with van der Waals surface area (Å²) < 4.78 is 22.4. The van der Waals surface area contributed by atoms with Gasteiger partial charge >= 0.3 is 0 Å². The molecule has 128 valence electrons. The van der Waals surface area contributed by atoms with Gasteiger partial charge in [-0.15, -0.1) is 0 Å². The maximum atomic E-state index is 12.3. The van der Waals surface area contributed by atoms with Crippen LogP contribution >= 0.6 is 0 Å². The first-order valence-electron chi connectivity index (χ1n) is 7.61. The average molecular weight is 348 g/mol. The van der Waals surface area contributed by atoms with Crippen LogP contribution in [-0.2, 0) is 14.8 Å². The van der Waals surface area contributed by atoms with E-state index < -0.39 is 10.0 Å². The van der Waals surface area contributed by atoms with Gasteiger partial charge in [0, 0.05) is 11.3 Å². The summed E-state index contributed by atoms with van der Waals surface area (Å²) in [5.41, 5.74) is 1.68. The first kappa shape index (κ1) is 18.1. The number of nitrogens with one attached hydrogen (secondary N) is 1. The molecule has 2 aromatic carbocycles. The molecular weight excluding hydrogens is 326 g/mol. The third-order valence-corrected chi connectivity index (χ3v) is 4.70. The second kappa shape index (κ2) is 7.57. The van der Waals surface area contributed by atoms with Gasteiger partial charge < -0.3 is 10.6 Å². The number of rotatable bonds is 6. The van der Waals surface area contributed by atoms with Gasteiger partial charge in [0.2, 0.25) is 10.0 Å². The molecule has 2 atom stereocenters. The summed E-state index contributed by atoms with van der Waals surface area (Å²) in [6.07, 6.45) is 0. The monoisotopic (exact) mass is 348 g/mol. The third kappa shape index (κ3) is 4.89. The lowest BCUT2D eigenvalue weighted by Crippen LogP contribution is -2.91. The number of anilines is 1. The van der Waals surface area contributed by atoms with Crippen LogP contribution in [0, 0.1) is 0 Å². The standard InChI is InChI=1S/C17H21N3O3S/c1-12(14-6-4-3-5-7-14)19-13(2)17(21)20-15-8-10-16(11-9-15)24(18,22)23/h3-13,19H,1-2H3,(H,20,21)(H2,18,22,23)/p+1/t12-,13+/m0/s1. The quantitative estimate of drug-likeness (QED) is 0.724. The van der Waals surface area contributed by atoms with E-state index in [-0.39, 0.29) is 22.9 Å². The number of carbonyl (C=O) groups excluding carboxylic acids is 1. The van der Waals surface area contributed by atoms with Crippen LogP contribution in [0.25, 0.3) is 0 Å². The number of sulfonamides is 1. The van der Waals surface area contributed by atoms with Gasteiger partial charge in [0.25, 0.3) is 5.91 Å². The van der Waals surface area contributed by atoms with Gasteiger partial charge in [-0.2, -0.15) is 0 Å². The Morgan fingerprint density at radius 1 is 1.04 bits per heavy atom. The summed E-state index contributed by atoms with van der Waals surface area (Å²) in [6.45, 7) is 3.87. The number of amides is 1. The fourth-order valence-corrected chi connectivity index (χ4v) is 2.89.